The summed E-state index contributed by atoms with van der Waals surface area (Å²) in [7, 11) is 0. The van der Waals surface area contributed by atoms with E-state index in [1.165, 1.54) is 12.1 Å². The molecule has 0 saturated heterocycles. The molecule has 0 saturated carbocycles. The van der Waals surface area contributed by atoms with Gasteiger partial charge in [-0.3, -0.25) is 4.79 Å². The predicted octanol–water partition coefficient (Wildman–Crippen LogP) is 2.74. The number of ether oxygens (including phenoxy) is 1. The van der Waals surface area contributed by atoms with Gasteiger partial charge in [0.2, 0.25) is 5.91 Å². The Kier molecular flexibility index (Phi) is 6.21. The van der Waals surface area contributed by atoms with E-state index in [-0.39, 0.29) is 23.4 Å². The Balaban J connectivity index is 2.53. The number of halogens is 2. The Morgan fingerprint density at radius 2 is 2.11 bits per heavy atom. The first-order valence-electron chi connectivity index (χ1n) is 6.08. The van der Waals surface area contributed by atoms with E-state index in [1.54, 1.807) is 12.1 Å². The van der Waals surface area contributed by atoms with Crippen LogP contribution in [0.5, 0.6) is 5.75 Å². The van der Waals surface area contributed by atoms with Gasteiger partial charge in [0.05, 0.1) is 5.69 Å². The van der Waals surface area contributed by atoms with Crippen LogP contribution in [0.1, 0.15) is 26.2 Å². The number of para-hydroxylation sites is 2. The highest BCUT2D eigenvalue weighted by molar-refractivity contribution is 5.92. The number of carbonyl (C=O) groups is 1. The molecular weight excluding hydrogens is 254 g/mol. The molecule has 106 valence electrons. The number of carbonyl (C=O) groups excluding carboxylic acids is 1. The maximum absolute atomic E-state index is 12.2. The Bertz CT molecular complexity index is 411. The molecule has 19 heavy (non-hydrogen) atoms. The van der Waals surface area contributed by atoms with Gasteiger partial charge in [0, 0.05) is 12.5 Å². The van der Waals surface area contributed by atoms with E-state index in [0.717, 1.165) is 6.42 Å². The van der Waals surface area contributed by atoms with Crippen molar-refractivity contribution < 1.29 is 18.3 Å². The van der Waals surface area contributed by atoms with Crippen LogP contribution in [0.4, 0.5) is 14.5 Å². The summed E-state index contributed by atoms with van der Waals surface area (Å²) >= 11 is 0. The number of nitrogens with two attached hydrogens (primary N) is 1. The summed E-state index contributed by atoms with van der Waals surface area (Å²) < 4.78 is 28.7. The number of hydrogen-bond donors (Lipinski definition) is 2. The van der Waals surface area contributed by atoms with Crippen molar-refractivity contribution in [2.24, 2.45) is 5.73 Å². The van der Waals surface area contributed by atoms with E-state index >= 15 is 0 Å². The van der Waals surface area contributed by atoms with Gasteiger partial charge < -0.3 is 15.8 Å². The second kappa shape index (κ2) is 7.68. The highest BCUT2D eigenvalue weighted by Crippen LogP contribution is 2.25. The van der Waals surface area contributed by atoms with Crippen LogP contribution >= 0.6 is 0 Å². The Hall–Kier alpha value is -1.69. The molecule has 1 amide bonds. The van der Waals surface area contributed by atoms with Crippen molar-refractivity contribution in [3.8, 4) is 5.75 Å². The first kappa shape index (κ1) is 15.4. The zero-order valence-electron chi connectivity index (χ0n) is 10.7. The van der Waals surface area contributed by atoms with Crippen LogP contribution in [-0.4, -0.2) is 18.6 Å². The summed E-state index contributed by atoms with van der Waals surface area (Å²) in [6.45, 7) is -1.06. The van der Waals surface area contributed by atoms with Crippen molar-refractivity contribution in [3.05, 3.63) is 24.3 Å². The fraction of sp³-hybridized carbons (Fsp3) is 0.462. The lowest BCUT2D eigenvalue weighted by molar-refractivity contribution is -0.116. The maximum atomic E-state index is 12.2. The van der Waals surface area contributed by atoms with Crippen LogP contribution in [0.2, 0.25) is 0 Å². The van der Waals surface area contributed by atoms with Gasteiger partial charge in [0.25, 0.3) is 0 Å². The molecule has 4 nitrogen and oxygen atoms in total. The van der Waals surface area contributed by atoms with E-state index in [0.29, 0.717) is 12.8 Å². The second-order valence-corrected chi connectivity index (χ2v) is 4.29. The fourth-order valence-corrected chi connectivity index (χ4v) is 1.57. The van der Waals surface area contributed by atoms with Gasteiger partial charge in [-0.15, -0.1) is 0 Å². The topological polar surface area (TPSA) is 64.4 Å². The van der Waals surface area contributed by atoms with Crippen LogP contribution in [0, 0.1) is 0 Å². The van der Waals surface area contributed by atoms with Gasteiger partial charge in [-0.1, -0.05) is 12.1 Å². The highest BCUT2D eigenvalue weighted by atomic mass is 19.3. The SMILES string of the molecule is CC(N)CCCC(=O)Nc1ccccc1OC(F)F. The number of benzene rings is 1. The summed E-state index contributed by atoms with van der Waals surface area (Å²) in [5.74, 6) is -0.288. The van der Waals surface area contributed by atoms with E-state index < -0.39 is 6.61 Å². The van der Waals surface area contributed by atoms with E-state index in [9.17, 15) is 13.6 Å². The molecule has 3 N–H and O–H groups in total. The van der Waals surface area contributed by atoms with Gasteiger partial charge in [0.1, 0.15) is 5.75 Å². The Morgan fingerprint density at radius 3 is 2.74 bits per heavy atom. The standard InChI is InChI=1S/C13H18F2N2O2/c1-9(16)5-4-8-12(18)17-10-6-2-3-7-11(10)19-13(14)15/h2-3,6-7,9,13H,4-5,8,16H2,1H3,(H,17,18). The van der Waals surface area contributed by atoms with Crippen LogP contribution < -0.4 is 15.8 Å². The summed E-state index contributed by atoms with van der Waals surface area (Å²) in [5, 5.41) is 2.55. The highest BCUT2D eigenvalue weighted by Gasteiger charge is 2.11. The van der Waals surface area contributed by atoms with Crippen molar-refractivity contribution in [1.29, 1.82) is 0 Å². The minimum Gasteiger partial charge on any atom is -0.433 e. The number of anilines is 1. The molecule has 1 rings (SSSR count). The van der Waals surface area contributed by atoms with E-state index in [1.807, 2.05) is 6.92 Å². The predicted molar refractivity (Wildman–Crippen MR) is 69.2 cm³/mol. The molecule has 0 aliphatic carbocycles. The number of rotatable bonds is 7. The molecule has 0 spiro atoms. The third-order valence-electron chi connectivity index (χ3n) is 2.44. The minimum absolute atomic E-state index is 0.0435. The summed E-state index contributed by atoms with van der Waals surface area (Å²) in [4.78, 5) is 11.6. The molecule has 0 bridgehead atoms. The van der Waals surface area contributed by atoms with Crippen molar-refractivity contribution in [2.45, 2.75) is 38.8 Å². The number of amides is 1. The van der Waals surface area contributed by atoms with Gasteiger partial charge in [0.15, 0.2) is 0 Å². The van der Waals surface area contributed by atoms with Gasteiger partial charge in [-0.05, 0) is 31.9 Å². The smallest absolute Gasteiger partial charge is 0.387 e. The summed E-state index contributed by atoms with van der Waals surface area (Å²) in [6, 6.07) is 6.13. The van der Waals surface area contributed by atoms with Crippen molar-refractivity contribution in [2.75, 3.05) is 5.32 Å². The third-order valence-corrected chi connectivity index (χ3v) is 2.44. The van der Waals surface area contributed by atoms with Gasteiger partial charge in [-0.2, -0.15) is 8.78 Å². The molecule has 0 radical (unpaired) electrons. The Morgan fingerprint density at radius 1 is 1.42 bits per heavy atom. The van der Waals surface area contributed by atoms with Crippen molar-refractivity contribution in [1.82, 2.24) is 0 Å². The number of hydrogen-bond acceptors (Lipinski definition) is 3. The van der Waals surface area contributed by atoms with E-state index in [2.05, 4.69) is 10.1 Å². The quantitative estimate of drug-likeness (QED) is 0.802. The average Bonchev–Trinajstić information content (AvgIpc) is 2.30. The van der Waals surface area contributed by atoms with Crippen LogP contribution in [0.3, 0.4) is 0 Å². The largest absolute Gasteiger partial charge is 0.433 e. The number of alkyl halides is 2. The molecule has 1 atom stereocenters. The van der Waals surface area contributed by atoms with Crippen LogP contribution in [-0.2, 0) is 4.79 Å². The minimum atomic E-state index is -2.92. The lowest BCUT2D eigenvalue weighted by Gasteiger charge is -2.11. The molecular formula is C13H18F2N2O2. The molecule has 0 aromatic heterocycles. The first-order chi connectivity index (χ1) is 8.99. The number of nitrogens with one attached hydrogen (secondary N) is 1. The first-order valence-corrected chi connectivity index (χ1v) is 6.08. The Labute approximate surface area is 110 Å². The molecule has 1 aromatic carbocycles. The van der Waals surface area contributed by atoms with E-state index in [4.69, 9.17) is 5.73 Å². The van der Waals surface area contributed by atoms with Crippen LogP contribution in [0.15, 0.2) is 24.3 Å². The summed E-state index contributed by atoms with van der Waals surface area (Å²) in [6.07, 6.45) is 1.69. The third kappa shape index (κ3) is 6.15. The zero-order valence-corrected chi connectivity index (χ0v) is 10.7. The molecule has 0 fully saturated rings. The molecule has 1 aromatic rings. The monoisotopic (exact) mass is 272 g/mol. The lowest BCUT2D eigenvalue weighted by atomic mass is 10.1. The normalized spacial score (nSPS) is 12.3. The van der Waals surface area contributed by atoms with Gasteiger partial charge >= 0.3 is 6.61 Å². The van der Waals surface area contributed by atoms with Crippen molar-refractivity contribution >= 4 is 11.6 Å². The summed E-state index contributed by atoms with van der Waals surface area (Å²) in [5.41, 5.74) is 5.82. The second-order valence-electron chi connectivity index (χ2n) is 4.29. The fourth-order valence-electron chi connectivity index (χ4n) is 1.57. The van der Waals surface area contributed by atoms with Gasteiger partial charge in [-0.25, -0.2) is 0 Å². The lowest BCUT2D eigenvalue weighted by Crippen LogP contribution is -2.17. The average molecular weight is 272 g/mol. The zero-order chi connectivity index (χ0) is 14.3. The maximum Gasteiger partial charge on any atom is 0.387 e. The van der Waals surface area contributed by atoms with Crippen molar-refractivity contribution in [3.63, 3.8) is 0 Å². The molecule has 0 aliphatic heterocycles. The molecule has 6 heteroatoms. The molecule has 1 unspecified atom stereocenters. The molecule has 0 heterocycles. The van der Waals surface area contributed by atoms with Crippen LogP contribution in [0.25, 0.3) is 0 Å². The molecule has 0 aliphatic rings.